The lowest BCUT2D eigenvalue weighted by Gasteiger charge is -2.16. The van der Waals surface area contributed by atoms with E-state index >= 15 is 0 Å². The normalized spacial score (nSPS) is 11.8. The van der Waals surface area contributed by atoms with Gasteiger partial charge in [-0.2, -0.15) is 0 Å². The predicted molar refractivity (Wildman–Crippen MR) is 102 cm³/mol. The maximum Gasteiger partial charge on any atom is 0.222 e. The van der Waals surface area contributed by atoms with Crippen molar-refractivity contribution in [3.8, 4) is 17.4 Å². The summed E-state index contributed by atoms with van der Waals surface area (Å²) in [6.07, 6.45) is 2.52. The third kappa shape index (κ3) is 4.61. The van der Waals surface area contributed by atoms with Crippen molar-refractivity contribution in [3.63, 3.8) is 0 Å². The molecule has 134 valence electrons. The van der Waals surface area contributed by atoms with Gasteiger partial charge in [0.25, 0.3) is 0 Å². The van der Waals surface area contributed by atoms with Crippen LogP contribution in [0.5, 0.6) is 17.4 Å². The van der Waals surface area contributed by atoms with Gasteiger partial charge in [-0.05, 0) is 42.3 Å². The van der Waals surface area contributed by atoms with Crippen molar-refractivity contribution in [1.82, 2.24) is 4.98 Å². The summed E-state index contributed by atoms with van der Waals surface area (Å²) < 4.78 is 11.8. The summed E-state index contributed by atoms with van der Waals surface area (Å²) in [7, 11) is 0. The molecule has 3 aromatic rings. The van der Waals surface area contributed by atoms with Crippen LogP contribution < -0.4 is 9.47 Å². The van der Waals surface area contributed by atoms with Gasteiger partial charge in [0.05, 0.1) is 6.61 Å². The second-order valence-corrected chi connectivity index (χ2v) is 6.04. The molecule has 1 N–H and O–H groups in total. The Morgan fingerprint density at radius 1 is 0.962 bits per heavy atom. The summed E-state index contributed by atoms with van der Waals surface area (Å²) in [6, 6.07) is 21.3. The molecule has 2 aromatic carbocycles. The third-order valence-corrected chi connectivity index (χ3v) is 4.22. The first kappa shape index (κ1) is 18.0. The van der Waals surface area contributed by atoms with Gasteiger partial charge in [0, 0.05) is 17.7 Å². The van der Waals surface area contributed by atoms with Gasteiger partial charge >= 0.3 is 0 Å². The molecular weight excluding hydrogens is 326 g/mol. The first-order valence-electron chi connectivity index (χ1n) is 8.80. The highest BCUT2D eigenvalue weighted by molar-refractivity contribution is 5.36. The number of hydrogen-bond acceptors (Lipinski definition) is 4. The Morgan fingerprint density at radius 2 is 1.77 bits per heavy atom. The van der Waals surface area contributed by atoms with Crippen molar-refractivity contribution in [2.24, 2.45) is 0 Å². The van der Waals surface area contributed by atoms with Crippen LogP contribution in [0, 0.1) is 0 Å². The lowest BCUT2D eigenvalue weighted by Crippen LogP contribution is -2.05. The average molecular weight is 349 g/mol. The van der Waals surface area contributed by atoms with E-state index in [1.807, 2.05) is 73.7 Å². The van der Waals surface area contributed by atoms with Crippen LogP contribution in [0.25, 0.3) is 0 Å². The average Bonchev–Trinajstić information content (AvgIpc) is 2.70. The van der Waals surface area contributed by atoms with Crippen LogP contribution in [-0.2, 0) is 6.61 Å². The summed E-state index contributed by atoms with van der Waals surface area (Å²) in [5, 5.41) is 9.59. The van der Waals surface area contributed by atoms with E-state index in [-0.39, 0.29) is 12.5 Å². The van der Waals surface area contributed by atoms with Crippen LogP contribution in [-0.4, -0.2) is 16.7 Å². The Bertz CT molecular complexity index is 816. The number of para-hydroxylation sites is 1. The molecule has 0 aliphatic carbocycles. The zero-order valence-corrected chi connectivity index (χ0v) is 14.8. The second-order valence-electron chi connectivity index (χ2n) is 6.04. The van der Waals surface area contributed by atoms with Gasteiger partial charge < -0.3 is 14.6 Å². The fraction of sp³-hybridized carbons (Fsp3) is 0.227. The Balaban J connectivity index is 1.73. The molecule has 0 spiro atoms. The first-order chi connectivity index (χ1) is 12.8. The van der Waals surface area contributed by atoms with E-state index in [4.69, 9.17) is 9.47 Å². The van der Waals surface area contributed by atoms with Crippen molar-refractivity contribution in [1.29, 1.82) is 0 Å². The van der Waals surface area contributed by atoms with E-state index in [0.717, 1.165) is 23.3 Å². The molecule has 0 aliphatic rings. The first-order valence-corrected chi connectivity index (χ1v) is 8.80. The lowest BCUT2D eigenvalue weighted by atomic mass is 9.99. The zero-order valence-electron chi connectivity index (χ0n) is 14.8. The fourth-order valence-electron chi connectivity index (χ4n) is 2.74. The molecular formula is C22H23NO3. The molecule has 0 bridgehead atoms. The molecule has 1 unspecified atom stereocenters. The number of hydrogen-bond donors (Lipinski definition) is 1. The molecule has 4 heteroatoms. The molecule has 0 saturated carbocycles. The topological polar surface area (TPSA) is 51.6 Å². The number of aliphatic hydroxyl groups excluding tert-OH is 1. The van der Waals surface area contributed by atoms with E-state index in [0.29, 0.717) is 18.2 Å². The summed E-state index contributed by atoms with van der Waals surface area (Å²) in [6.45, 7) is 2.58. The Labute approximate surface area is 154 Å². The summed E-state index contributed by atoms with van der Waals surface area (Å²) in [4.78, 5) is 4.35. The standard InChI is InChI=1S/C22H23NO3/c1-2-18(15-24)21-12-7-13-23-22(21)26-20-11-6-8-17(14-20)16-25-19-9-4-3-5-10-19/h3-14,18,24H,2,15-16H2,1H3. The molecule has 3 rings (SSSR count). The van der Waals surface area contributed by atoms with Crippen molar-refractivity contribution in [2.75, 3.05) is 6.61 Å². The molecule has 0 fully saturated rings. The van der Waals surface area contributed by atoms with Crippen molar-refractivity contribution >= 4 is 0 Å². The number of rotatable bonds is 8. The highest BCUT2D eigenvalue weighted by Gasteiger charge is 2.15. The minimum absolute atomic E-state index is 0.0169. The molecule has 1 atom stereocenters. The number of pyridine rings is 1. The van der Waals surface area contributed by atoms with Crippen LogP contribution in [0.2, 0.25) is 0 Å². The maximum absolute atomic E-state index is 9.59. The zero-order chi connectivity index (χ0) is 18.2. The Hall–Kier alpha value is -2.85. The molecule has 0 amide bonds. The van der Waals surface area contributed by atoms with Gasteiger partial charge in [-0.1, -0.05) is 43.3 Å². The Morgan fingerprint density at radius 3 is 2.54 bits per heavy atom. The fourth-order valence-corrected chi connectivity index (χ4v) is 2.74. The van der Waals surface area contributed by atoms with Crippen molar-refractivity contribution in [3.05, 3.63) is 84.1 Å². The van der Waals surface area contributed by atoms with Crippen LogP contribution in [0.1, 0.15) is 30.4 Å². The van der Waals surface area contributed by atoms with Crippen LogP contribution >= 0.6 is 0 Å². The SMILES string of the molecule is CCC(CO)c1cccnc1Oc1cccc(COc2ccccc2)c1. The number of aromatic nitrogens is 1. The summed E-state index contributed by atoms with van der Waals surface area (Å²) in [5.41, 5.74) is 1.93. The number of aliphatic hydroxyl groups is 1. The molecule has 26 heavy (non-hydrogen) atoms. The molecule has 0 radical (unpaired) electrons. The molecule has 1 heterocycles. The highest BCUT2D eigenvalue weighted by Crippen LogP contribution is 2.30. The predicted octanol–water partition coefficient (Wildman–Crippen LogP) is 4.94. The van der Waals surface area contributed by atoms with E-state index in [2.05, 4.69) is 4.98 Å². The van der Waals surface area contributed by atoms with Gasteiger partial charge in [-0.3, -0.25) is 0 Å². The van der Waals surface area contributed by atoms with Gasteiger partial charge in [0.1, 0.15) is 18.1 Å². The molecule has 0 saturated heterocycles. The van der Waals surface area contributed by atoms with Crippen molar-refractivity contribution in [2.45, 2.75) is 25.9 Å². The Kier molecular flexibility index (Phi) is 6.23. The van der Waals surface area contributed by atoms with Gasteiger partial charge in [0.15, 0.2) is 0 Å². The maximum atomic E-state index is 9.59. The van der Waals surface area contributed by atoms with Gasteiger partial charge in [-0.25, -0.2) is 4.98 Å². The second kappa shape index (κ2) is 9.02. The van der Waals surface area contributed by atoms with Crippen LogP contribution in [0.15, 0.2) is 72.9 Å². The van der Waals surface area contributed by atoms with Crippen LogP contribution in [0.4, 0.5) is 0 Å². The summed E-state index contributed by atoms with van der Waals surface area (Å²) in [5.74, 6) is 2.09. The van der Waals surface area contributed by atoms with Crippen LogP contribution in [0.3, 0.4) is 0 Å². The van der Waals surface area contributed by atoms with Gasteiger partial charge in [0.2, 0.25) is 5.88 Å². The molecule has 1 aromatic heterocycles. The van der Waals surface area contributed by atoms with Crippen molar-refractivity contribution < 1.29 is 14.6 Å². The van der Waals surface area contributed by atoms with E-state index in [9.17, 15) is 5.11 Å². The van der Waals surface area contributed by atoms with Gasteiger partial charge in [-0.15, -0.1) is 0 Å². The lowest BCUT2D eigenvalue weighted by molar-refractivity contribution is 0.259. The number of nitrogens with zero attached hydrogens (tertiary/aromatic N) is 1. The summed E-state index contributed by atoms with van der Waals surface area (Å²) >= 11 is 0. The minimum atomic E-state index is 0.0169. The largest absolute Gasteiger partial charge is 0.489 e. The molecule has 0 aliphatic heterocycles. The van der Waals surface area contributed by atoms with E-state index in [1.54, 1.807) is 6.20 Å². The number of ether oxygens (including phenoxy) is 2. The molecule has 4 nitrogen and oxygen atoms in total. The van der Waals surface area contributed by atoms with E-state index in [1.165, 1.54) is 0 Å². The van der Waals surface area contributed by atoms with E-state index < -0.39 is 0 Å². The minimum Gasteiger partial charge on any atom is -0.489 e. The third-order valence-electron chi connectivity index (χ3n) is 4.22. The highest BCUT2D eigenvalue weighted by atomic mass is 16.5. The quantitative estimate of drug-likeness (QED) is 0.626. The monoisotopic (exact) mass is 349 g/mol. The number of benzene rings is 2. The smallest absolute Gasteiger partial charge is 0.222 e.